The molecule has 0 spiro atoms. The number of carbonyl (C=O) groups excluding carboxylic acids is 1. The summed E-state index contributed by atoms with van der Waals surface area (Å²) in [5.41, 5.74) is 3.01. The second-order valence-corrected chi connectivity index (χ2v) is 9.67. The number of sulfonamides is 1. The predicted octanol–water partition coefficient (Wildman–Crippen LogP) is 3.79. The molecule has 3 aromatic carbocycles. The number of carbonyl (C=O) groups is 1. The van der Waals surface area contributed by atoms with Crippen molar-refractivity contribution in [2.75, 3.05) is 31.6 Å². The molecule has 1 aliphatic heterocycles. The van der Waals surface area contributed by atoms with Crippen LogP contribution in [0.4, 0.5) is 5.69 Å². The summed E-state index contributed by atoms with van der Waals surface area (Å²) >= 11 is 0. The number of rotatable bonds is 6. The predicted molar refractivity (Wildman–Crippen MR) is 124 cm³/mol. The van der Waals surface area contributed by atoms with Gasteiger partial charge in [-0.05, 0) is 35.7 Å². The van der Waals surface area contributed by atoms with Gasteiger partial charge in [0.25, 0.3) is 0 Å². The number of hydrogen-bond acceptors (Lipinski definition) is 4. The Morgan fingerprint density at radius 1 is 0.906 bits per heavy atom. The molecule has 7 heteroatoms. The molecule has 3 aromatic rings. The number of ether oxygens (including phenoxy) is 1. The fraction of sp³-hybridized carbons (Fsp3) is 0.240. The Balaban J connectivity index is 1.65. The zero-order chi connectivity index (χ0) is 22.6. The van der Waals surface area contributed by atoms with E-state index in [1.807, 2.05) is 67.6 Å². The Labute approximate surface area is 188 Å². The Morgan fingerprint density at radius 3 is 2.03 bits per heavy atom. The summed E-state index contributed by atoms with van der Waals surface area (Å²) in [6.07, 6.45) is 0. The van der Waals surface area contributed by atoms with Crippen LogP contribution in [0.15, 0.2) is 83.8 Å². The molecule has 166 valence electrons. The quantitative estimate of drug-likeness (QED) is 0.620. The highest BCUT2D eigenvalue weighted by atomic mass is 32.2. The van der Waals surface area contributed by atoms with Crippen molar-refractivity contribution >= 4 is 21.6 Å². The lowest BCUT2D eigenvalue weighted by Crippen LogP contribution is -2.40. The van der Waals surface area contributed by atoms with Gasteiger partial charge in [-0.2, -0.15) is 4.31 Å². The van der Waals surface area contributed by atoms with E-state index in [0.717, 1.165) is 16.7 Å². The zero-order valence-corrected chi connectivity index (χ0v) is 18.7. The van der Waals surface area contributed by atoms with Gasteiger partial charge in [-0.1, -0.05) is 66.7 Å². The van der Waals surface area contributed by atoms with Gasteiger partial charge in [-0.3, -0.25) is 4.79 Å². The lowest BCUT2D eigenvalue weighted by molar-refractivity contribution is -0.116. The molecule has 0 aromatic heterocycles. The number of aryl methyl sites for hydroxylation is 1. The van der Waals surface area contributed by atoms with Gasteiger partial charge in [0.1, 0.15) is 0 Å². The molecule has 0 aliphatic carbocycles. The van der Waals surface area contributed by atoms with Crippen LogP contribution >= 0.6 is 0 Å². The van der Waals surface area contributed by atoms with Crippen molar-refractivity contribution in [1.29, 1.82) is 0 Å². The summed E-state index contributed by atoms with van der Waals surface area (Å²) in [7, 11) is -3.66. The number of nitrogens with zero attached hydrogens (tertiary/aromatic N) is 1. The van der Waals surface area contributed by atoms with Crippen LogP contribution in [-0.4, -0.2) is 44.9 Å². The monoisotopic (exact) mass is 450 g/mol. The first-order valence-electron chi connectivity index (χ1n) is 10.6. The van der Waals surface area contributed by atoms with Gasteiger partial charge >= 0.3 is 0 Å². The largest absolute Gasteiger partial charge is 0.379 e. The molecule has 1 saturated heterocycles. The number of anilines is 1. The molecule has 32 heavy (non-hydrogen) atoms. The van der Waals surface area contributed by atoms with E-state index in [9.17, 15) is 13.2 Å². The molecule has 1 fully saturated rings. The number of benzene rings is 3. The Bertz CT molecular complexity index is 1140. The molecule has 1 aliphatic rings. The van der Waals surface area contributed by atoms with E-state index < -0.39 is 15.9 Å². The van der Waals surface area contributed by atoms with Gasteiger partial charge in [-0.25, -0.2) is 8.42 Å². The third-order valence-electron chi connectivity index (χ3n) is 5.60. The third kappa shape index (κ3) is 4.75. The summed E-state index contributed by atoms with van der Waals surface area (Å²) in [6, 6.07) is 24.0. The second kappa shape index (κ2) is 9.65. The summed E-state index contributed by atoms with van der Waals surface area (Å²) in [6.45, 7) is 3.25. The van der Waals surface area contributed by atoms with Crippen LogP contribution in [0.2, 0.25) is 0 Å². The fourth-order valence-electron chi connectivity index (χ4n) is 3.82. The average molecular weight is 451 g/mol. The second-order valence-electron chi connectivity index (χ2n) is 7.74. The molecule has 6 nitrogen and oxygen atoms in total. The topological polar surface area (TPSA) is 75.7 Å². The van der Waals surface area contributed by atoms with Crippen molar-refractivity contribution in [1.82, 2.24) is 4.31 Å². The van der Waals surface area contributed by atoms with Gasteiger partial charge in [-0.15, -0.1) is 0 Å². The van der Waals surface area contributed by atoms with Crippen molar-refractivity contribution in [3.63, 3.8) is 0 Å². The molecular formula is C25H26N2O4S. The molecule has 1 heterocycles. The molecule has 0 atom stereocenters. The van der Waals surface area contributed by atoms with Gasteiger partial charge in [0.2, 0.25) is 15.9 Å². The smallest absolute Gasteiger partial charge is 0.243 e. The van der Waals surface area contributed by atoms with Crippen LogP contribution in [0.25, 0.3) is 0 Å². The maximum atomic E-state index is 13.4. The summed E-state index contributed by atoms with van der Waals surface area (Å²) in [5, 5.41) is 2.98. The van der Waals surface area contributed by atoms with Crippen LogP contribution in [0.3, 0.4) is 0 Å². The fourth-order valence-corrected chi connectivity index (χ4v) is 5.26. The molecule has 0 radical (unpaired) electrons. The minimum atomic E-state index is -3.66. The van der Waals surface area contributed by atoms with Gasteiger partial charge in [0.15, 0.2) is 0 Å². The van der Waals surface area contributed by atoms with E-state index in [-0.39, 0.29) is 10.8 Å². The number of nitrogens with one attached hydrogen (secondary N) is 1. The SMILES string of the molecule is Cc1ccc(S(=O)(=O)N2CCOCC2)cc1NC(=O)C(c1ccccc1)c1ccccc1. The summed E-state index contributed by atoms with van der Waals surface area (Å²) in [4.78, 5) is 13.6. The lowest BCUT2D eigenvalue weighted by atomic mass is 9.90. The maximum absolute atomic E-state index is 13.4. The Kier molecular flexibility index (Phi) is 6.69. The van der Waals surface area contributed by atoms with Crippen LogP contribution in [0, 0.1) is 6.92 Å². The molecule has 0 saturated carbocycles. The minimum Gasteiger partial charge on any atom is -0.379 e. The van der Waals surface area contributed by atoms with E-state index >= 15 is 0 Å². The van der Waals surface area contributed by atoms with Crippen LogP contribution < -0.4 is 5.32 Å². The van der Waals surface area contributed by atoms with Crippen molar-refractivity contribution < 1.29 is 17.9 Å². The highest BCUT2D eigenvalue weighted by Gasteiger charge is 2.28. The van der Waals surface area contributed by atoms with Crippen LogP contribution in [0.5, 0.6) is 0 Å². The van der Waals surface area contributed by atoms with E-state index in [1.54, 1.807) is 18.2 Å². The van der Waals surface area contributed by atoms with Crippen molar-refractivity contribution in [3.05, 3.63) is 95.6 Å². The first-order valence-corrected chi connectivity index (χ1v) is 12.0. The molecule has 0 unspecified atom stereocenters. The molecule has 1 amide bonds. The lowest BCUT2D eigenvalue weighted by Gasteiger charge is -2.26. The molecule has 0 bridgehead atoms. The third-order valence-corrected chi connectivity index (χ3v) is 7.50. The highest BCUT2D eigenvalue weighted by molar-refractivity contribution is 7.89. The average Bonchev–Trinajstić information content (AvgIpc) is 2.82. The normalized spacial score (nSPS) is 14.9. The zero-order valence-electron chi connectivity index (χ0n) is 17.9. The van der Waals surface area contributed by atoms with E-state index in [2.05, 4.69) is 5.32 Å². The van der Waals surface area contributed by atoms with Crippen molar-refractivity contribution in [2.24, 2.45) is 0 Å². The number of morpholine rings is 1. The van der Waals surface area contributed by atoms with E-state index in [4.69, 9.17) is 4.74 Å². The molecule has 4 rings (SSSR count). The number of amides is 1. The first kappa shape index (κ1) is 22.2. The van der Waals surface area contributed by atoms with E-state index in [0.29, 0.717) is 32.0 Å². The van der Waals surface area contributed by atoms with Crippen LogP contribution in [-0.2, 0) is 19.6 Å². The highest BCUT2D eigenvalue weighted by Crippen LogP contribution is 2.29. The number of hydrogen-bond donors (Lipinski definition) is 1. The van der Waals surface area contributed by atoms with E-state index in [1.165, 1.54) is 4.31 Å². The van der Waals surface area contributed by atoms with Gasteiger partial charge in [0.05, 0.1) is 24.0 Å². The minimum absolute atomic E-state index is 0.163. The Hall–Kier alpha value is -3.00. The standard InChI is InChI=1S/C25H26N2O4S/c1-19-12-13-22(32(29,30)27-14-16-31-17-15-27)18-23(19)26-25(28)24(20-8-4-2-5-9-20)21-10-6-3-7-11-21/h2-13,18,24H,14-17H2,1H3,(H,26,28). The van der Waals surface area contributed by atoms with Crippen molar-refractivity contribution in [2.45, 2.75) is 17.7 Å². The molecular weight excluding hydrogens is 424 g/mol. The van der Waals surface area contributed by atoms with Crippen molar-refractivity contribution in [3.8, 4) is 0 Å². The summed E-state index contributed by atoms with van der Waals surface area (Å²) < 4.78 is 32.8. The maximum Gasteiger partial charge on any atom is 0.243 e. The van der Waals surface area contributed by atoms with Crippen LogP contribution in [0.1, 0.15) is 22.6 Å². The van der Waals surface area contributed by atoms with Gasteiger partial charge < -0.3 is 10.1 Å². The first-order chi connectivity index (χ1) is 15.5. The summed E-state index contributed by atoms with van der Waals surface area (Å²) in [5.74, 6) is -0.734. The van der Waals surface area contributed by atoms with Gasteiger partial charge in [0, 0.05) is 18.8 Å². The Morgan fingerprint density at radius 2 is 1.47 bits per heavy atom. The molecule has 1 N–H and O–H groups in total.